The van der Waals surface area contributed by atoms with Crippen molar-refractivity contribution in [2.45, 2.75) is 12.1 Å². The zero-order chi connectivity index (χ0) is 17.9. The van der Waals surface area contributed by atoms with Gasteiger partial charge < -0.3 is 0 Å². The van der Waals surface area contributed by atoms with Gasteiger partial charge in [0.05, 0.1) is 31.3 Å². The summed E-state index contributed by atoms with van der Waals surface area (Å²) >= 11 is 0. The first-order chi connectivity index (χ1) is 10.3. The van der Waals surface area contributed by atoms with Gasteiger partial charge in [-0.3, -0.25) is 8.37 Å². The minimum absolute atomic E-state index is 0.255. The normalized spacial score (nSPS) is 13.5. The number of halogens is 3. The zero-order valence-electron chi connectivity index (χ0n) is 12.2. The van der Waals surface area contributed by atoms with Gasteiger partial charge in [-0.25, -0.2) is 0 Å². The maximum atomic E-state index is 12.5. The summed E-state index contributed by atoms with van der Waals surface area (Å²) in [5.74, 6) is -0.873. The van der Waals surface area contributed by atoms with Crippen molar-refractivity contribution in [2.24, 2.45) is 0 Å². The SMILES string of the molecule is CS(=O)(=O)OCC(COS(C)(=O)=O)c1ccc(C(F)(F)F)cc1. The van der Waals surface area contributed by atoms with Gasteiger partial charge in [-0.05, 0) is 17.7 Å². The number of benzene rings is 1. The van der Waals surface area contributed by atoms with Gasteiger partial charge in [0.2, 0.25) is 0 Å². The molecule has 1 rings (SSSR count). The molecular formula is C12H15F3O6S2. The largest absolute Gasteiger partial charge is 0.416 e. The summed E-state index contributed by atoms with van der Waals surface area (Å²) in [4.78, 5) is 0. The monoisotopic (exact) mass is 376 g/mol. The van der Waals surface area contributed by atoms with Crippen LogP contribution in [-0.2, 0) is 34.8 Å². The summed E-state index contributed by atoms with van der Waals surface area (Å²) in [6, 6.07) is 3.85. The van der Waals surface area contributed by atoms with E-state index < -0.39 is 51.1 Å². The molecule has 23 heavy (non-hydrogen) atoms. The van der Waals surface area contributed by atoms with E-state index in [1.54, 1.807) is 0 Å². The van der Waals surface area contributed by atoms with E-state index in [4.69, 9.17) is 0 Å². The van der Waals surface area contributed by atoms with Crippen LogP contribution in [0.4, 0.5) is 13.2 Å². The Morgan fingerprint density at radius 1 is 0.913 bits per heavy atom. The first-order valence-corrected chi connectivity index (χ1v) is 9.77. The molecule has 0 N–H and O–H groups in total. The molecule has 0 aliphatic heterocycles. The van der Waals surface area contributed by atoms with E-state index in [2.05, 4.69) is 8.37 Å². The highest BCUT2D eigenvalue weighted by molar-refractivity contribution is 7.86. The van der Waals surface area contributed by atoms with Crippen LogP contribution < -0.4 is 0 Å². The average Bonchev–Trinajstić information content (AvgIpc) is 2.35. The van der Waals surface area contributed by atoms with Crippen LogP contribution in [0, 0.1) is 0 Å². The number of alkyl halides is 3. The number of hydrogen-bond donors (Lipinski definition) is 0. The third kappa shape index (κ3) is 7.77. The van der Waals surface area contributed by atoms with Crippen molar-refractivity contribution in [3.63, 3.8) is 0 Å². The molecule has 0 fully saturated rings. The topological polar surface area (TPSA) is 86.7 Å². The Balaban J connectivity index is 2.98. The molecule has 1 aromatic rings. The molecule has 0 radical (unpaired) electrons. The third-order valence-electron chi connectivity index (χ3n) is 2.68. The Labute approximate surface area is 132 Å². The Bertz CT molecular complexity index is 687. The van der Waals surface area contributed by atoms with Crippen LogP contribution in [0.15, 0.2) is 24.3 Å². The second-order valence-corrected chi connectivity index (χ2v) is 8.08. The van der Waals surface area contributed by atoms with Gasteiger partial charge in [0.25, 0.3) is 20.2 Å². The average molecular weight is 376 g/mol. The lowest BCUT2D eigenvalue weighted by molar-refractivity contribution is -0.137. The maximum absolute atomic E-state index is 12.5. The fourth-order valence-corrected chi connectivity index (χ4v) is 2.42. The van der Waals surface area contributed by atoms with Crippen molar-refractivity contribution in [3.05, 3.63) is 35.4 Å². The summed E-state index contributed by atoms with van der Waals surface area (Å²) in [5, 5.41) is 0. The molecule has 132 valence electrons. The van der Waals surface area contributed by atoms with Gasteiger partial charge in [0, 0.05) is 5.92 Å². The van der Waals surface area contributed by atoms with Crippen LogP contribution >= 0.6 is 0 Å². The van der Waals surface area contributed by atoms with Gasteiger partial charge in [-0.1, -0.05) is 12.1 Å². The van der Waals surface area contributed by atoms with E-state index in [9.17, 15) is 30.0 Å². The van der Waals surface area contributed by atoms with E-state index >= 15 is 0 Å². The van der Waals surface area contributed by atoms with E-state index in [1.807, 2.05) is 0 Å². The summed E-state index contributed by atoms with van der Waals surface area (Å²) in [7, 11) is -7.59. The van der Waals surface area contributed by atoms with Crippen LogP contribution in [0.25, 0.3) is 0 Å². The minimum atomic E-state index is -4.51. The summed E-state index contributed by atoms with van der Waals surface area (Å²) in [6.45, 7) is -0.917. The first kappa shape index (κ1) is 19.9. The lowest BCUT2D eigenvalue weighted by atomic mass is 9.99. The van der Waals surface area contributed by atoms with Gasteiger partial charge in [0.1, 0.15) is 0 Å². The molecule has 11 heteroatoms. The predicted molar refractivity (Wildman–Crippen MR) is 75.8 cm³/mol. The van der Waals surface area contributed by atoms with Crippen molar-refractivity contribution >= 4 is 20.2 Å². The van der Waals surface area contributed by atoms with Gasteiger partial charge in [-0.2, -0.15) is 30.0 Å². The van der Waals surface area contributed by atoms with Gasteiger partial charge in [0.15, 0.2) is 0 Å². The van der Waals surface area contributed by atoms with Crippen molar-refractivity contribution in [1.82, 2.24) is 0 Å². The van der Waals surface area contributed by atoms with E-state index in [1.165, 1.54) is 0 Å². The molecule has 0 amide bonds. The predicted octanol–water partition coefficient (Wildman–Crippen LogP) is 1.74. The lowest BCUT2D eigenvalue weighted by Crippen LogP contribution is -2.19. The summed E-state index contributed by atoms with van der Waals surface area (Å²) in [5.41, 5.74) is -0.627. The standard InChI is InChI=1S/C12H15F3O6S2/c1-22(16,17)20-7-10(8-21-23(2,18)19)9-3-5-11(6-4-9)12(13,14)15/h3-6,10H,7-8H2,1-2H3. The van der Waals surface area contributed by atoms with Crippen molar-refractivity contribution in [3.8, 4) is 0 Å². The molecule has 1 aromatic carbocycles. The molecule has 0 spiro atoms. The van der Waals surface area contributed by atoms with Crippen molar-refractivity contribution in [2.75, 3.05) is 25.7 Å². The fourth-order valence-electron chi connectivity index (χ4n) is 1.60. The second kappa shape index (κ2) is 7.16. The third-order valence-corrected chi connectivity index (χ3v) is 3.80. The highest BCUT2D eigenvalue weighted by Gasteiger charge is 2.30. The van der Waals surface area contributed by atoms with E-state index in [-0.39, 0.29) is 5.56 Å². The Morgan fingerprint density at radius 2 is 1.30 bits per heavy atom. The van der Waals surface area contributed by atoms with E-state index in [0.717, 1.165) is 36.8 Å². The molecular weight excluding hydrogens is 361 g/mol. The molecule has 0 aromatic heterocycles. The quantitative estimate of drug-likeness (QED) is 0.674. The van der Waals surface area contributed by atoms with Crippen LogP contribution in [0.3, 0.4) is 0 Å². The zero-order valence-corrected chi connectivity index (χ0v) is 13.8. The second-order valence-electron chi connectivity index (χ2n) is 4.79. The van der Waals surface area contributed by atoms with Gasteiger partial charge in [-0.15, -0.1) is 0 Å². The number of rotatable bonds is 7. The first-order valence-electron chi connectivity index (χ1n) is 6.14. The molecule has 0 heterocycles. The highest BCUT2D eigenvalue weighted by Crippen LogP contribution is 2.30. The highest BCUT2D eigenvalue weighted by atomic mass is 32.2. The molecule has 6 nitrogen and oxygen atoms in total. The molecule has 0 aliphatic carbocycles. The Kier molecular flexibility index (Phi) is 6.18. The number of hydrogen-bond acceptors (Lipinski definition) is 6. The molecule has 0 saturated heterocycles. The molecule has 0 atom stereocenters. The summed E-state index contributed by atoms with van der Waals surface area (Å²) < 4.78 is 90.8. The summed E-state index contributed by atoms with van der Waals surface area (Å²) in [6.07, 6.45) is -2.91. The molecule has 0 bridgehead atoms. The fraction of sp³-hybridized carbons (Fsp3) is 0.500. The molecule has 0 aliphatic rings. The van der Waals surface area contributed by atoms with Crippen molar-refractivity contribution < 1.29 is 38.4 Å². The van der Waals surface area contributed by atoms with Crippen molar-refractivity contribution in [1.29, 1.82) is 0 Å². The van der Waals surface area contributed by atoms with E-state index in [0.29, 0.717) is 0 Å². The minimum Gasteiger partial charge on any atom is -0.270 e. The van der Waals surface area contributed by atoms with Crippen LogP contribution in [0.1, 0.15) is 17.0 Å². The van der Waals surface area contributed by atoms with Crippen LogP contribution in [0.5, 0.6) is 0 Å². The van der Waals surface area contributed by atoms with Crippen LogP contribution in [0.2, 0.25) is 0 Å². The molecule has 0 unspecified atom stereocenters. The van der Waals surface area contributed by atoms with Gasteiger partial charge >= 0.3 is 6.18 Å². The maximum Gasteiger partial charge on any atom is 0.416 e. The Morgan fingerprint density at radius 3 is 1.61 bits per heavy atom. The van der Waals surface area contributed by atoms with Crippen LogP contribution in [-0.4, -0.2) is 42.6 Å². The molecule has 0 saturated carbocycles. The Hall–Kier alpha value is -1.17. The lowest BCUT2D eigenvalue weighted by Gasteiger charge is -2.17. The smallest absolute Gasteiger partial charge is 0.270 e.